The quantitative estimate of drug-likeness (QED) is 0.365. The van der Waals surface area contributed by atoms with E-state index >= 15 is 0 Å². The van der Waals surface area contributed by atoms with E-state index in [1.165, 1.54) is 0 Å². The molecule has 0 atom stereocenters. The average Bonchev–Trinajstić information content (AvgIpc) is 3.27. The second-order valence-corrected chi connectivity index (χ2v) is 6.63. The van der Waals surface area contributed by atoms with Gasteiger partial charge >= 0.3 is 0 Å². The first-order valence-electron chi connectivity index (χ1n) is 10.3. The molecule has 7 heteroatoms. The molecular weight excluding hydrogens is 401 g/mol. The van der Waals surface area contributed by atoms with Gasteiger partial charge in [0.05, 0.1) is 24.5 Å². The van der Waals surface area contributed by atoms with E-state index in [0.717, 1.165) is 5.56 Å². The number of halogens is 1. The second-order valence-electron chi connectivity index (χ2n) is 6.63. The predicted molar refractivity (Wildman–Crippen MR) is 115 cm³/mol. The summed E-state index contributed by atoms with van der Waals surface area (Å²) in [6.07, 6.45) is 2.19. The number of carbonyl (C=O) groups excluding carboxylic acids is 1. The van der Waals surface area contributed by atoms with Crippen LogP contribution in [0.25, 0.3) is 11.5 Å². The number of benzene rings is 2. The summed E-state index contributed by atoms with van der Waals surface area (Å²) in [5.41, 5.74) is 1.86. The van der Waals surface area contributed by atoms with E-state index in [1.807, 2.05) is 32.0 Å². The van der Waals surface area contributed by atoms with Gasteiger partial charge in [-0.25, -0.2) is 9.37 Å². The normalized spacial score (nSPS) is 10.7. The van der Waals surface area contributed by atoms with Gasteiger partial charge in [-0.1, -0.05) is 12.1 Å². The molecule has 0 N–H and O–H groups in total. The van der Waals surface area contributed by atoms with Crippen molar-refractivity contribution in [3.05, 3.63) is 60.0 Å². The van der Waals surface area contributed by atoms with Crippen molar-refractivity contribution in [1.29, 1.82) is 0 Å². The molecule has 1 aromatic heterocycles. The molecule has 1 heterocycles. The zero-order chi connectivity index (χ0) is 22.1. The lowest BCUT2D eigenvalue weighted by molar-refractivity contribution is 0.0978. The van der Waals surface area contributed by atoms with E-state index in [2.05, 4.69) is 4.98 Å². The summed E-state index contributed by atoms with van der Waals surface area (Å²) in [7, 11) is 0. The third-order valence-electron chi connectivity index (χ3n) is 4.47. The zero-order valence-electron chi connectivity index (χ0n) is 17.7. The Balaban J connectivity index is 1.68. The number of rotatable bonds is 12. The number of para-hydroxylation sites is 1. The van der Waals surface area contributed by atoms with Crippen LogP contribution in [0.15, 0.2) is 53.1 Å². The summed E-state index contributed by atoms with van der Waals surface area (Å²) in [5, 5.41) is 0. The lowest BCUT2D eigenvalue weighted by atomic mass is 10.0. The third kappa shape index (κ3) is 5.84. The van der Waals surface area contributed by atoms with Crippen LogP contribution in [-0.4, -0.2) is 37.3 Å². The van der Waals surface area contributed by atoms with Crippen molar-refractivity contribution in [1.82, 2.24) is 4.98 Å². The molecular formula is C24H26FNO5. The molecule has 0 unspecified atom stereocenters. The first kappa shape index (κ1) is 22.3. The van der Waals surface area contributed by atoms with Crippen molar-refractivity contribution in [3.63, 3.8) is 0 Å². The van der Waals surface area contributed by atoms with Crippen molar-refractivity contribution in [2.24, 2.45) is 0 Å². The van der Waals surface area contributed by atoms with Gasteiger partial charge in [-0.2, -0.15) is 0 Å². The molecule has 0 amide bonds. The zero-order valence-corrected chi connectivity index (χ0v) is 17.7. The number of alkyl halides is 1. The molecule has 164 valence electrons. The fourth-order valence-corrected chi connectivity index (χ4v) is 3.09. The third-order valence-corrected chi connectivity index (χ3v) is 4.47. The largest absolute Gasteiger partial charge is 0.490 e. The maximum atomic E-state index is 12.6. The molecule has 3 rings (SSSR count). The monoisotopic (exact) mass is 427 g/mol. The maximum Gasteiger partial charge on any atom is 0.226 e. The van der Waals surface area contributed by atoms with Gasteiger partial charge in [-0.3, -0.25) is 4.79 Å². The fourth-order valence-electron chi connectivity index (χ4n) is 3.09. The van der Waals surface area contributed by atoms with Crippen LogP contribution in [0.1, 0.15) is 36.3 Å². The van der Waals surface area contributed by atoms with Crippen molar-refractivity contribution in [2.45, 2.75) is 26.7 Å². The van der Waals surface area contributed by atoms with Crippen molar-refractivity contribution in [2.75, 3.05) is 26.5 Å². The van der Waals surface area contributed by atoms with Crippen LogP contribution in [0.2, 0.25) is 0 Å². The minimum atomic E-state index is -0.610. The van der Waals surface area contributed by atoms with Gasteiger partial charge < -0.3 is 18.6 Å². The molecule has 0 radical (unpaired) electrons. The van der Waals surface area contributed by atoms with Crippen LogP contribution in [0.5, 0.6) is 17.2 Å². The van der Waals surface area contributed by atoms with Crippen LogP contribution in [0, 0.1) is 0 Å². The molecule has 0 saturated heterocycles. The molecule has 3 aromatic rings. The molecule has 0 aliphatic carbocycles. The Kier molecular flexibility index (Phi) is 8.04. The molecule has 0 fully saturated rings. The molecule has 0 spiro atoms. The number of Topliss-reactive ketones (excluding diaryl/α,β-unsaturated/α-hetero) is 1. The molecule has 0 aliphatic heterocycles. The molecule has 0 saturated carbocycles. The molecule has 31 heavy (non-hydrogen) atoms. The van der Waals surface area contributed by atoms with Gasteiger partial charge in [0.2, 0.25) is 5.89 Å². The fraction of sp³-hybridized carbons (Fsp3) is 0.333. The molecule has 0 aliphatic rings. The highest BCUT2D eigenvalue weighted by Crippen LogP contribution is 2.32. The lowest BCUT2D eigenvalue weighted by Crippen LogP contribution is -2.07. The number of carbonyl (C=O) groups is 1. The van der Waals surface area contributed by atoms with E-state index in [9.17, 15) is 9.18 Å². The van der Waals surface area contributed by atoms with Crippen molar-refractivity contribution >= 4 is 5.78 Å². The standard InChI is InChI=1S/C24H26FNO5/c1-3-28-22-12-9-17(15-23(22)29-4-2)24-26-18(16-31-24)10-11-20(27)19-7-5-6-8-21(19)30-14-13-25/h5-9,12,15-16H,3-4,10-11,13-14H2,1-2H3. The number of hydrogen-bond acceptors (Lipinski definition) is 6. The summed E-state index contributed by atoms with van der Waals surface area (Å²) in [5.74, 6) is 2.03. The Hall–Kier alpha value is -3.35. The highest BCUT2D eigenvalue weighted by molar-refractivity contribution is 5.98. The van der Waals surface area contributed by atoms with Crippen LogP contribution >= 0.6 is 0 Å². The number of aryl methyl sites for hydroxylation is 1. The van der Waals surface area contributed by atoms with Gasteiger partial charge in [0.15, 0.2) is 17.3 Å². The Morgan fingerprint density at radius 2 is 1.77 bits per heavy atom. The van der Waals surface area contributed by atoms with Gasteiger partial charge in [0, 0.05) is 18.4 Å². The van der Waals surface area contributed by atoms with Crippen LogP contribution in [-0.2, 0) is 6.42 Å². The summed E-state index contributed by atoms with van der Waals surface area (Å²) in [6.45, 7) is 4.18. The first-order valence-corrected chi connectivity index (χ1v) is 10.3. The summed E-state index contributed by atoms with van der Waals surface area (Å²) in [6, 6.07) is 12.4. The minimum Gasteiger partial charge on any atom is -0.490 e. The summed E-state index contributed by atoms with van der Waals surface area (Å²) < 4.78 is 34.6. The number of aromatic nitrogens is 1. The number of ketones is 1. The van der Waals surface area contributed by atoms with E-state index in [-0.39, 0.29) is 18.8 Å². The predicted octanol–water partition coefficient (Wildman–Crippen LogP) is 5.30. The van der Waals surface area contributed by atoms with Gasteiger partial charge in [0.1, 0.15) is 25.3 Å². The average molecular weight is 427 g/mol. The van der Waals surface area contributed by atoms with E-state index in [1.54, 1.807) is 30.5 Å². The van der Waals surface area contributed by atoms with E-state index in [4.69, 9.17) is 18.6 Å². The second kappa shape index (κ2) is 11.2. The number of ether oxygens (including phenoxy) is 3. The molecule has 0 bridgehead atoms. The Morgan fingerprint density at radius 1 is 1.00 bits per heavy atom. The summed E-state index contributed by atoms with van der Waals surface area (Å²) in [4.78, 5) is 17.1. The van der Waals surface area contributed by atoms with Crippen molar-refractivity contribution < 1.29 is 27.8 Å². The number of hydrogen-bond donors (Lipinski definition) is 0. The molecule has 6 nitrogen and oxygen atoms in total. The summed E-state index contributed by atoms with van der Waals surface area (Å²) >= 11 is 0. The highest BCUT2D eigenvalue weighted by atomic mass is 19.1. The lowest BCUT2D eigenvalue weighted by Gasteiger charge is -2.11. The van der Waals surface area contributed by atoms with Crippen LogP contribution in [0.4, 0.5) is 4.39 Å². The topological polar surface area (TPSA) is 70.8 Å². The Morgan fingerprint density at radius 3 is 2.55 bits per heavy atom. The Labute approximate surface area is 181 Å². The number of oxazole rings is 1. The van der Waals surface area contributed by atoms with Crippen molar-refractivity contribution in [3.8, 4) is 28.7 Å². The van der Waals surface area contributed by atoms with Gasteiger partial charge in [-0.05, 0) is 44.2 Å². The SMILES string of the molecule is CCOc1ccc(-c2nc(CCC(=O)c3ccccc3OCCF)co2)cc1OCC. The maximum absolute atomic E-state index is 12.6. The van der Waals surface area contributed by atoms with E-state index < -0.39 is 6.67 Å². The van der Waals surface area contributed by atoms with Crippen LogP contribution < -0.4 is 14.2 Å². The van der Waals surface area contributed by atoms with Crippen LogP contribution in [0.3, 0.4) is 0 Å². The van der Waals surface area contributed by atoms with E-state index in [0.29, 0.717) is 54.0 Å². The minimum absolute atomic E-state index is 0.0806. The first-order chi connectivity index (χ1) is 15.2. The smallest absolute Gasteiger partial charge is 0.226 e. The van der Waals surface area contributed by atoms with Gasteiger partial charge in [0.25, 0.3) is 0 Å². The Bertz CT molecular complexity index is 1000. The number of nitrogens with zero attached hydrogens (tertiary/aromatic N) is 1. The highest BCUT2D eigenvalue weighted by Gasteiger charge is 2.15. The molecule has 2 aromatic carbocycles. The van der Waals surface area contributed by atoms with Gasteiger partial charge in [-0.15, -0.1) is 0 Å².